The predicted molar refractivity (Wildman–Crippen MR) is 69.3 cm³/mol. The summed E-state index contributed by atoms with van der Waals surface area (Å²) < 4.78 is 8.95. The molecule has 0 amide bonds. The van der Waals surface area contributed by atoms with E-state index in [1.165, 1.54) is 7.11 Å². The summed E-state index contributed by atoms with van der Waals surface area (Å²) in [5.74, 6) is 0.306. The van der Waals surface area contributed by atoms with Crippen LogP contribution in [-0.2, 0) is 19.1 Å². The molecule has 0 unspecified atom stereocenters. The van der Waals surface area contributed by atoms with Crippen molar-refractivity contribution in [2.45, 2.75) is 32.2 Å². The maximum absolute atomic E-state index is 11.5. The maximum atomic E-state index is 11.5. The van der Waals surface area contributed by atoms with Crippen LogP contribution in [0.1, 0.15) is 6.42 Å². The zero-order valence-electron chi connectivity index (χ0n) is 11.4. The molecular formula is C12H20O5Si. The van der Waals surface area contributed by atoms with Crippen molar-refractivity contribution in [3.8, 4) is 11.5 Å². The van der Waals surface area contributed by atoms with Crippen molar-refractivity contribution in [3.05, 3.63) is 0 Å². The van der Waals surface area contributed by atoms with Crippen LogP contribution < -0.4 is 0 Å². The Kier molecular flexibility index (Phi) is 6.66. The van der Waals surface area contributed by atoms with E-state index in [2.05, 4.69) is 40.6 Å². The fourth-order valence-electron chi connectivity index (χ4n) is 1.19. The lowest BCUT2D eigenvalue weighted by Crippen LogP contribution is -2.36. The van der Waals surface area contributed by atoms with Gasteiger partial charge < -0.3 is 14.6 Å². The first kappa shape index (κ1) is 16.7. The van der Waals surface area contributed by atoms with E-state index in [1.54, 1.807) is 0 Å². The van der Waals surface area contributed by atoms with Gasteiger partial charge in [-0.3, -0.25) is 4.79 Å². The van der Waals surface area contributed by atoms with Crippen molar-refractivity contribution >= 4 is 20.0 Å². The minimum Gasteiger partial charge on any atom is -0.469 e. The van der Waals surface area contributed by atoms with Gasteiger partial charge in [-0.05, 0) is 0 Å². The third kappa shape index (κ3) is 5.84. The summed E-state index contributed by atoms with van der Waals surface area (Å²) in [5, 5.41) is 9.68. The largest absolute Gasteiger partial charge is 0.469 e. The van der Waals surface area contributed by atoms with Crippen LogP contribution in [0.2, 0.25) is 19.6 Å². The zero-order valence-corrected chi connectivity index (χ0v) is 12.4. The van der Waals surface area contributed by atoms with Gasteiger partial charge in [0.2, 0.25) is 0 Å². The number of hydrogen-bond acceptors (Lipinski definition) is 5. The highest BCUT2D eigenvalue weighted by atomic mass is 28.3. The molecule has 0 spiro atoms. The molecule has 0 rings (SSSR count). The van der Waals surface area contributed by atoms with Crippen molar-refractivity contribution < 1.29 is 24.2 Å². The molecule has 0 aromatic rings. The van der Waals surface area contributed by atoms with Crippen molar-refractivity contribution in [1.82, 2.24) is 0 Å². The van der Waals surface area contributed by atoms with Crippen LogP contribution in [0.3, 0.4) is 0 Å². The summed E-state index contributed by atoms with van der Waals surface area (Å²) in [6.45, 7) is 6.18. The van der Waals surface area contributed by atoms with Gasteiger partial charge in [0.05, 0.1) is 14.2 Å². The summed E-state index contributed by atoms with van der Waals surface area (Å²) in [4.78, 5) is 22.7. The molecule has 0 aliphatic heterocycles. The van der Waals surface area contributed by atoms with E-state index in [0.717, 1.165) is 7.11 Å². The van der Waals surface area contributed by atoms with Gasteiger partial charge in [-0.2, -0.15) is 0 Å². The minimum atomic E-state index is -1.55. The molecule has 0 heterocycles. The van der Waals surface area contributed by atoms with Gasteiger partial charge in [-0.1, -0.05) is 19.6 Å². The number of methoxy groups -OCH3 is 2. The normalized spacial score (nSPS) is 13.9. The quantitative estimate of drug-likeness (QED) is 0.460. The number of aliphatic hydroxyl groups is 1. The van der Waals surface area contributed by atoms with Gasteiger partial charge in [0.15, 0.2) is 6.10 Å². The molecule has 0 aromatic heterocycles. The Labute approximate surface area is 108 Å². The standard InChI is InChI=1S/C12H20O5Si/c1-16-11(14)9(10(13)12(15)17-2)7-6-8-18(3,4)5/h9-10,13H,7H2,1-5H3/t9-,10-/m1/s1. The molecule has 18 heavy (non-hydrogen) atoms. The molecule has 0 radical (unpaired) electrons. The van der Waals surface area contributed by atoms with Crippen LogP contribution in [0.15, 0.2) is 0 Å². The molecule has 6 heteroatoms. The Morgan fingerprint density at radius 2 is 1.67 bits per heavy atom. The van der Waals surface area contributed by atoms with Gasteiger partial charge in [0, 0.05) is 6.42 Å². The Balaban J connectivity index is 4.85. The van der Waals surface area contributed by atoms with Crippen LogP contribution in [0.25, 0.3) is 0 Å². The van der Waals surface area contributed by atoms with Gasteiger partial charge in [0.25, 0.3) is 0 Å². The lowest BCUT2D eigenvalue weighted by atomic mass is 9.99. The Hall–Kier alpha value is -1.32. The SMILES string of the molecule is COC(=O)[C@H](O)[C@@H](CC#C[Si](C)(C)C)C(=O)OC. The Bertz CT molecular complexity index is 361. The van der Waals surface area contributed by atoms with Gasteiger partial charge in [0.1, 0.15) is 14.0 Å². The second-order valence-corrected chi connectivity index (χ2v) is 9.60. The average Bonchev–Trinajstić information content (AvgIpc) is 2.30. The van der Waals surface area contributed by atoms with Crippen molar-refractivity contribution in [2.24, 2.45) is 5.92 Å². The number of hydrogen-bond donors (Lipinski definition) is 1. The Morgan fingerprint density at radius 1 is 1.17 bits per heavy atom. The van der Waals surface area contributed by atoms with Crippen molar-refractivity contribution in [2.75, 3.05) is 14.2 Å². The molecule has 0 aliphatic rings. The molecule has 0 aliphatic carbocycles. The summed E-state index contributed by atoms with van der Waals surface area (Å²) in [5.41, 5.74) is 3.06. The number of aliphatic hydroxyl groups excluding tert-OH is 1. The average molecular weight is 272 g/mol. The molecular weight excluding hydrogens is 252 g/mol. The van der Waals surface area contributed by atoms with Crippen LogP contribution >= 0.6 is 0 Å². The van der Waals surface area contributed by atoms with Crippen molar-refractivity contribution in [3.63, 3.8) is 0 Å². The van der Waals surface area contributed by atoms with Gasteiger partial charge in [-0.25, -0.2) is 4.79 Å². The van der Waals surface area contributed by atoms with Crippen LogP contribution in [0.4, 0.5) is 0 Å². The topological polar surface area (TPSA) is 72.8 Å². The van der Waals surface area contributed by atoms with E-state index < -0.39 is 32.0 Å². The van der Waals surface area contributed by atoms with Gasteiger partial charge in [-0.15, -0.1) is 11.5 Å². The molecule has 1 N–H and O–H groups in total. The third-order valence-corrected chi connectivity index (χ3v) is 3.04. The second-order valence-electron chi connectivity index (χ2n) is 4.85. The lowest BCUT2D eigenvalue weighted by Gasteiger charge is -2.16. The summed E-state index contributed by atoms with van der Waals surface area (Å²) in [6.07, 6.45) is -1.47. The third-order valence-electron chi connectivity index (χ3n) is 2.11. The molecule has 0 aromatic carbocycles. The summed E-state index contributed by atoms with van der Waals surface area (Å²) in [6, 6.07) is 0. The highest BCUT2D eigenvalue weighted by Gasteiger charge is 2.33. The van der Waals surface area contributed by atoms with E-state index in [4.69, 9.17) is 0 Å². The van der Waals surface area contributed by atoms with Crippen molar-refractivity contribution in [1.29, 1.82) is 0 Å². The molecule has 102 valence electrons. The Morgan fingerprint density at radius 3 is 2.06 bits per heavy atom. The summed E-state index contributed by atoms with van der Waals surface area (Å²) >= 11 is 0. The molecule has 2 atom stereocenters. The second kappa shape index (κ2) is 7.19. The van der Waals surface area contributed by atoms with Gasteiger partial charge >= 0.3 is 11.9 Å². The number of rotatable bonds is 4. The number of ether oxygens (including phenoxy) is 2. The lowest BCUT2D eigenvalue weighted by molar-refractivity contribution is -0.163. The first-order valence-electron chi connectivity index (χ1n) is 5.56. The van der Waals surface area contributed by atoms with Crippen LogP contribution in [0, 0.1) is 17.4 Å². The zero-order chi connectivity index (χ0) is 14.3. The van der Waals surface area contributed by atoms with Crippen LogP contribution in [0.5, 0.6) is 0 Å². The van der Waals surface area contributed by atoms with E-state index in [0.29, 0.717) is 0 Å². The van der Waals surface area contributed by atoms with E-state index >= 15 is 0 Å². The van der Waals surface area contributed by atoms with E-state index in [1.807, 2.05) is 0 Å². The number of carbonyl (C=O) groups is 2. The highest BCUT2D eigenvalue weighted by molar-refractivity contribution is 6.83. The fourth-order valence-corrected chi connectivity index (χ4v) is 1.82. The molecule has 0 saturated heterocycles. The number of carbonyl (C=O) groups excluding carboxylic acids is 2. The molecule has 0 fully saturated rings. The smallest absolute Gasteiger partial charge is 0.335 e. The predicted octanol–water partition coefficient (Wildman–Crippen LogP) is 0.580. The molecule has 0 bridgehead atoms. The highest BCUT2D eigenvalue weighted by Crippen LogP contribution is 2.12. The maximum Gasteiger partial charge on any atom is 0.335 e. The van der Waals surface area contributed by atoms with E-state index in [9.17, 15) is 14.7 Å². The summed E-state index contributed by atoms with van der Waals surface area (Å²) in [7, 11) is 0.796. The first-order chi connectivity index (χ1) is 8.22. The van der Waals surface area contributed by atoms with E-state index in [-0.39, 0.29) is 6.42 Å². The first-order valence-corrected chi connectivity index (χ1v) is 9.06. The fraction of sp³-hybridized carbons (Fsp3) is 0.667. The minimum absolute atomic E-state index is 0.0766. The molecule has 0 saturated carbocycles. The van der Waals surface area contributed by atoms with Crippen LogP contribution in [-0.4, -0.2) is 45.4 Å². The monoisotopic (exact) mass is 272 g/mol. The molecule has 5 nitrogen and oxygen atoms in total. The number of esters is 2.